The Labute approximate surface area is 102 Å². The Hall–Kier alpha value is -2.57. The number of nitro benzene ring substituents is 1. The Morgan fingerprint density at radius 1 is 1.33 bits per heavy atom. The Bertz CT molecular complexity index is 633. The maximum absolute atomic E-state index is 10.9. The molecule has 1 aromatic heterocycles. The van der Waals surface area contributed by atoms with Crippen molar-refractivity contribution >= 4 is 12.0 Å². The lowest BCUT2D eigenvalue weighted by molar-refractivity contribution is -0.385. The molecule has 0 N–H and O–H groups in total. The predicted molar refractivity (Wildman–Crippen MR) is 62.9 cm³/mol. The third-order valence-corrected chi connectivity index (χ3v) is 2.59. The van der Waals surface area contributed by atoms with Gasteiger partial charge in [0.05, 0.1) is 16.8 Å². The highest BCUT2D eigenvalue weighted by atomic mass is 16.6. The molecule has 0 amide bonds. The summed E-state index contributed by atoms with van der Waals surface area (Å²) in [5.74, 6) is 0. The molecule has 0 aliphatic rings. The van der Waals surface area contributed by atoms with Crippen molar-refractivity contribution < 1.29 is 9.72 Å². The summed E-state index contributed by atoms with van der Waals surface area (Å²) in [5.41, 5.74) is 2.13. The van der Waals surface area contributed by atoms with Gasteiger partial charge in [0.15, 0.2) is 6.29 Å². The van der Waals surface area contributed by atoms with E-state index in [1.165, 1.54) is 16.9 Å². The Kier molecular flexibility index (Phi) is 2.88. The van der Waals surface area contributed by atoms with Crippen LogP contribution in [0.25, 0.3) is 5.69 Å². The third-order valence-electron chi connectivity index (χ3n) is 2.59. The molecular weight excluding hydrogens is 236 g/mol. The van der Waals surface area contributed by atoms with Gasteiger partial charge in [-0.25, -0.2) is 4.68 Å². The van der Waals surface area contributed by atoms with Crippen molar-refractivity contribution in [2.24, 2.45) is 0 Å². The van der Waals surface area contributed by atoms with E-state index in [1.807, 2.05) is 6.92 Å². The first-order valence-electron chi connectivity index (χ1n) is 5.16. The molecule has 0 fully saturated rings. The number of aldehydes is 1. The lowest BCUT2D eigenvalue weighted by atomic mass is 10.1. The van der Waals surface area contributed by atoms with Gasteiger partial charge in [-0.05, 0) is 25.5 Å². The number of aromatic nitrogens is 3. The molecule has 0 unspecified atom stereocenters. The predicted octanol–water partition coefficient (Wildman–Crippen LogP) is 1.60. The van der Waals surface area contributed by atoms with Crippen LogP contribution < -0.4 is 0 Å². The van der Waals surface area contributed by atoms with Crippen molar-refractivity contribution in [1.82, 2.24) is 15.0 Å². The van der Waals surface area contributed by atoms with Crippen molar-refractivity contribution in [1.29, 1.82) is 0 Å². The number of carbonyl (C=O) groups is 1. The van der Waals surface area contributed by atoms with Crippen LogP contribution in [0.3, 0.4) is 0 Å². The molecule has 0 bridgehead atoms. The van der Waals surface area contributed by atoms with E-state index in [-0.39, 0.29) is 11.4 Å². The summed E-state index contributed by atoms with van der Waals surface area (Å²) in [7, 11) is 0. The first-order valence-corrected chi connectivity index (χ1v) is 5.16. The number of aryl methyl sites for hydroxylation is 2. The van der Waals surface area contributed by atoms with Gasteiger partial charge < -0.3 is 0 Å². The minimum atomic E-state index is -0.449. The van der Waals surface area contributed by atoms with Crippen LogP contribution in [0.5, 0.6) is 0 Å². The van der Waals surface area contributed by atoms with Crippen LogP contribution in [0.2, 0.25) is 0 Å². The van der Waals surface area contributed by atoms with Gasteiger partial charge in [0.25, 0.3) is 5.69 Å². The zero-order valence-electron chi connectivity index (χ0n) is 9.82. The van der Waals surface area contributed by atoms with Crippen molar-refractivity contribution in [3.05, 3.63) is 45.3 Å². The van der Waals surface area contributed by atoms with Crippen LogP contribution in [0, 0.1) is 24.0 Å². The van der Waals surface area contributed by atoms with E-state index in [0.29, 0.717) is 17.5 Å². The van der Waals surface area contributed by atoms with E-state index in [9.17, 15) is 14.9 Å². The fourth-order valence-corrected chi connectivity index (χ4v) is 1.72. The molecule has 0 saturated heterocycles. The summed E-state index contributed by atoms with van der Waals surface area (Å²) < 4.78 is 1.35. The number of nitrogens with zero attached hydrogens (tertiary/aromatic N) is 4. The molecule has 2 aromatic rings. The van der Waals surface area contributed by atoms with E-state index in [0.717, 1.165) is 5.56 Å². The van der Waals surface area contributed by atoms with E-state index >= 15 is 0 Å². The van der Waals surface area contributed by atoms with Crippen LogP contribution in [0.4, 0.5) is 5.69 Å². The minimum absolute atomic E-state index is 0.0127. The van der Waals surface area contributed by atoms with Gasteiger partial charge in [0.1, 0.15) is 5.69 Å². The lowest BCUT2D eigenvalue weighted by Crippen LogP contribution is -2.01. The van der Waals surface area contributed by atoms with Gasteiger partial charge in [-0.1, -0.05) is 5.21 Å². The minimum Gasteiger partial charge on any atom is -0.296 e. The second kappa shape index (κ2) is 4.36. The number of benzene rings is 1. The zero-order valence-corrected chi connectivity index (χ0v) is 9.82. The fraction of sp³-hybridized carbons (Fsp3) is 0.182. The maximum Gasteiger partial charge on any atom is 0.274 e. The average molecular weight is 246 g/mol. The molecule has 18 heavy (non-hydrogen) atoms. The molecule has 92 valence electrons. The van der Waals surface area contributed by atoms with E-state index in [4.69, 9.17) is 0 Å². The smallest absolute Gasteiger partial charge is 0.274 e. The molecule has 0 aliphatic heterocycles. The highest BCUT2D eigenvalue weighted by Crippen LogP contribution is 2.24. The first kappa shape index (κ1) is 11.9. The van der Waals surface area contributed by atoms with E-state index in [1.54, 1.807) is 13.0 Å². The number of hydrogen-bond donors (Lipinski definition) is 0. The summed E-state index contributed by atoms with van der Waals surface area (Å²) in [6.45, 7) is 3.49. The molecule has 1 aromatic carbocycles. The van der Waals surface area contributed by atoms with Crippen molar-refractivity contribution in [3.8, 4) is 5.69 Å². The number of hydrogen-bond acceptors (Lipinski definition) is 5. The molecule has 7 nitrogen and oxygen atoms in total. The average Bonchev–Trinajstić information content (AvgIpc) is 2.77. The van der Waals surface area contributed by atoms with E-state index in [2.05, 4.69) is 10.3 Å². The fourth-order valence-electron chi connectivity index (χ4n) is 1.72. The Morgan fingerprint density at radius 3 is 2.61 bits per heavy atom. The summed E-state index contributed by atoms with van der Waals surface area (Å²) >= 11 is 0. The zero-order chi connectivity index (χ0) is 13.3. The summed E-state index contributed by atoms with van der Waals surface area (Å²) in [6, 6.07) is 3.13. The molecule has 7 heteroatoms. The summed E-state index contributed by atoms with van der Waals surface area (Å²) in [5, 5.41) is 18.3. The standard InChI is InChI=1S/C11H10N4O3/c1-7-3-8(2)11(15(17)18)4-10(7)14-5-9(6-16)12-13-14/h3-6H,1-2H3. The quantitative estimate of drug-likeness (QED) is 0.466. The van der Waals surface area contributed by atoms with Crippen LogP contribution >= 0.6 is 0 Å². The SMILES string of the molecule is Cc1cc(C)c([N+](=O)[O-])cc1-n1cc(C=O)nn1. The monoisotopic (exact) mass is 246 g/mol. The highest BCUT2D eigenvalue weighted by molar-refractivity contribution is 5.71. The number of nitro groups is 1. The number of carbonyl (C=O) groups excluding carboxylic acids is 1. The lowest BCUT2D eigenvalue weighted by Gasteiger charge is -2.06. The van der Waals surface area contributed by atoms with Crippen LogP contribution in [-0.2, 0) is 0 Å². The van der Waals surface area contributed by atoms with Gasteiger partial charge >= 0.3 is 0 Å². The maximum atomic E-state index is 10.9. The molecule has 0 spiro atoms. The van der Waals surface area contributed by atoms with Gasteiger partial charge in [-0.15, -0.1) is 5.10 Å². The Balaban J connectivity index is 2.59. The molecule has 0 radical (unpaired) electrons. The molecule has 2 rings (SSSR count). The van der Waals surface area contributed by atoms with Gasteiger partial charge in [-0.2, -0.15) is 0 Å². The molecule has 0 atom stereocenters. The largest absolute Gasteiger partial charge is 0.296 e. The van der Waals surface area contributed by atoms with Gasteiger partial charge in [0, 0.05) is 11.6 Å². The highest BCUT2D eigenvalue weighted by Gasteiger charge is 2.15. The molecule has 1 heterocycles. The second-order valence-corrected chi connectivity index (χ2v) is 3.89. The Morgan fingerprint density at radius 2 is 2.06 bits per heavy atom. The summed E-state index contributed by atoms with van der Waals surface area (Å²) in [6.07, 6.45) is 2.00. The molecular formula is C11H10N4O3. The molecule has 0 saturated carbocycles. The summed E-state index contributed by atoms with van der Waals surface area (Å²) in [4.78, 5) is 21.0. The van der Waals surface area contributed by atoms with Gasteiger partial charge in [-0.3, -0.25) is 14.9 Å². The van der Waals surface area contributed by atoms with Crippen LogP contribution in [0.1, 0.15) is 21.6 Å². The third kappa shape index (κ3) is 1.97. The van der Waals surface area contributed by atoms with Crippen molar-refractivity contribution in [3.63, 3.8) is 0 Å². The second-order valence-electron chi connectivity index (χ2n) is 3.89. The van der Waals surface area contributed by atoms with E-state index < -0.39 is 4.92 Å². The van der Waals surface area contributed by atoms with Crippen molar-refractivity contribution in [2.45, 2.75) is 13.8 Å². The topological polar surface area (TPSA) is 90.9 Å². The normalized spacial score (nSPS) is 10.3. The van der Waals surface area contributed by atoms with Crippen LogP contribution in [-0.4, -0.2) is 26.2 Å². The van der Waals surface area contributed by atoms with Gasteiger partial charge in [0.2, 0.25) is 0 Å². The molecule has 0 aliphatic carbocycles. The van der Waals surface area contributed by atoms with Crippen LogP contribution in [0.15, 0.2) is 18.3 Å². The first-order chi connectivity index (χ1) is 8.52. The van der Waals surface area contributed by atoms with Crippen molar-refractivity contribution in [2.75, 3.05) is 0 Å². The number of rotatable bonds is 3.